The molecule has 216 valence electrons. The Hall–Kier alpha value is -4.86. The largest absolute Gasteiger partial charge is 0.445 e. The Kier molecular flexibility index (Phi) is 10.9. The van der Waals surface area contributed by atoms with Crippen molar-refractivity contribution in [1.82, 2.24) is 15.1 Å². The first-order chi connectivity index (χ1) is 19.6. The van der Waals surface area contributed by atoms with Crippen molar-refractivity contribution in [3.63, 3.8) is 0 Å². The Balaban J connectivity index is 1.42. The maximum atomic E-state index is 12.8. The van der Waals surface area contributed by atoms with Gasteiger partial charge in [-0.15, -0.1) is 0 Å². The molecule has 0 spiro atoms. The minimum atomic E-state index is -0.851. The van der Waals surface area contributed by atoms with Gasteiger partial charge in [0.2, 0.25) is 12.3 Å². The van der Waals surface area contributed by atoms with Crippen LogP contribution in [0.1, 0.15) is 25.0 Å². The minimum absolute atomic E-state index is 0.0409. The number of hydrogen-bond acceptors (Lipinski definition) is 6. The lowest BCUT2D eigenvalue weighted by atomic mass is 9.95. The van der Waals surface area contributed by atoms with E-state index in [0.29, 0.717) is 12.1 Å². The van der Waals surface area contributed by atoms with E-state index in [1.807, 2.05) is 68.4 Å². The molecule has 0 saturated heterocycles. The molecule has 2 N–H and O–H groups in total. The number of hydrogen-bond donors (Lipinski definition) is 2. The summed E-state index contributed by atoms with van der Waals surface area (Å²) in [6, 6.07) is 24.7. The molecule has 0 aromatic heterocycles. The first-order valence-corrected chi connectivity index (χ1v) is 13.1. The molecule has 0 fully saturated rings. The van der Waals surface area contributed by atoms with Crippen molar-refractivity contribution in [2.24, 2.45) is 0 Å². The van der Waals surface area contributed by atoms with Crippen LogP contribution >= 0.6 is 0 Å². The SMILES string of the molecule is CN(CCN(C)C(=O)OC(C)(C)c1ccc(-c2ccccc2)cc1)C(=O)OCc1ccc(NC(=O)CNC=O)cc1. The van der Waals surface area contributed by atoms with Gasteiger partial charge in [0.1, 0.15) is 12.2 Å². The monoisotopic (exact) mass is 560 g/mol. The highest BCUT2D eigenvalue weighted by Crippen LogP contribution is 2.28. The summed E-state index contributed by atoms with van der Waals surface area (Å²) in [5.41, 5.74) is 3.49. The van der Waals surface area contributed by atoms with E-state index in [1.165, 1.54) is 9.80 Å². The molecule has 0 heterocycles. The Morgan fingerprint density at radius 1 is 0.805 bits per heavy atom. The number of nitrogens with zero attached hydrogens (tertiary/aromatic N) is 2. The van der Waals surface area contributed by atoms with Crippen molar-refractivity contribution >= 4 is 30.2 Å². The van der Waals surface area contributed by atoms with Crippen molar-refractivity contribution in [2.75, 3.05) is 39.0 Å². The van der Waals surface area contributed by atoms with Gasteiger partial charge < -0.3 is 29.9 Å². The zero-order valence-electron chi connectivity index (χ0n) is 23.8. The Morgan fingerprint density at radius 2 is 1.39 bits per heavy atom. The zero-order valence-corrected chi connectivity index (χ0v) is 23.8. The van der Waals surface area contributed by atoms with Crippen LogP contribution in [0.5, 0.6) is 0 Å². The smallest absolute Gasteiger partial charge is 0.410 e. The van der Waals surface area contributed by atoms with Crippen LogP contribution in [-0.2, 0) is 31.3 Å². The van der Waals surface area contributed by atoms with Gasteiger partial charge in [0, 0.05) is 32.9 Å². The molecule has 0 aliphatic carbocycles. The zero-order chi connectivity index (χ0) is 29.8. The van der Waals surface area contributed by atoms with Crippen molar-refractivity contribution in [2.45, 2.75) is 26.1 Å². The van der Waals surface area contributed by atoms with Crippen LogP contribution in [0, 0.1) is 0 Å². The summed E-state index contributed by atoms with van der Waals surface area (Å²) in [5.74, 6) is -0.354. The van der Waals surface area contributed by atoms with Crippen LogP contribution in [0.2, 0.25) is 0 Å². The molecule has 0 aliphatic heterocycles. The van der Waals surface area contributed by atoms with Gasteiger partial charge in [-0.2, -0.15) is 0 Å². The average molecular weight is 561 g/mol. The van der Waals surface area contributed by atoms with Crippen LogP contribution in [0.15, 0.2) is 78.9 Å². The molecule has 0 aliphatic rings. The van der Waals surface area contributed by atoms with Crippen molar-refractivity contribution < 1.29 is 28.7 Å². The van der Waals surface area contributed by atoms with Gasteiger partial charge in [-0.25, -0.2) is 9.59 Å². The van der Waals surface area contributed by atoms with Gasteiger partial charge in [0.05, 0.1) is 6.54 Å². The van der Waals surface area contributed by atoms with Gasteiger partial charge >= 0.3 is 12.2 Å². The highest BCUT2D eigenvalue weighted by Gasteiger charge is 2.27. The fourth-order valence-electron chi connectivity index (χ4n) is 3.81. The predicted molar refractivity (Wildman–Crippen MR) is 156 cm³/mol. The van der Waals surface area contributed by atoms with E-state index >= 15 is 0 Å². The quantitative estimate of drug-likeness (QED) is 0.313. The fourth-order valence-corrected chi connectivity index (χ4v) is 3.81. The summed E-state index contributed by atoms with van der Waals surface area (Å²) >= 11 is 0. The highest BCUT2D eigenvalue weighted by atomic mass is 16.6. The second-order valence-corrected chi connectivity index (χ2v) is 9.96. The standard InChI is InChI=1S/C31H36N4O6/c1-31(2,26-14-12-25(13-15-26)24-8-6-5-7-9-24)41-30(39)35(4)19-18-34(3)29(38)40-21-23-10-16-27(17-11-23)33-28(37)20-32-22-36/h5-17,22H,18-21H2,1-4H3,(H,32,36)(H,33,37). The summed E-state index contributed by atoms with van der Waals surface area (Å²) in [7, 11) is 3.21. The molecule has 3 aromatic rings. The van der Waals surface area contributed by atoms with Gasteiger partial charge in [0.25, 0.3) is 0 Å². The number of nitrogens with one attached hydrogen (secondary N) is 2. The molecular formula is C31H36N4O6. The third kappa shape index (κ3) is 9.38. The second-order valence-electron chi connectivity index (χ2n) is 9.96. The van der Waals surface area contributed by atoms with Crippen LogP contribution in [-0.4, -0.2) is 68.0 Å². The van der Waals surface area contributed by atoms with E-state index < -0.39 is 17.8 Å². The maximum absolute atomic E-state index is 12.8. The first-order valence-electron chi connectivity index (χ1n) is 13.1. The van der Waals surface area contributed by atoms with Gasteiger partial charge in [-0.3, -0.25) is 9.59 Å². The molecule has 3 aromatic carbocycles. The van der Waals surface area contributed by atoms with Crippen LogP contribution in [0.25, 0.3) is 11.1 Å². The number of carbonyl (C=O) groups is 4. The van der Waals surface area contributed by atoms with Gasteiger partial charge in [-0.05, 0) is 48.2 Å². The molecule has 4 amide bonds. The number of likely N-dealkylation sites (N-methyl/N-ethyl adjacent to an activating group) is 2. The molecule has 0 radical (unpaired) electrons. The van der Waals surface area contributed by atoms with E-state index in [1.54, 1.807) is 38.4 Å². The van der Waals surface area contributed by atoms with E-state index in [4.69, 9.17) is 9.47 Å². The number of anilines is 1. The van der Waals surface area contributed by atoms with E-state index in [-0.39, 0.29) is 32.1 Å². The number of benzene rings is 3. The van der Waals surface area contributed by atoms with Crippen molar-refractivity contribution in [1.29, 1.82) is 0 Å². The summed E-state index contributed by atoms with van der Waals surface area (Å²) < 4.78 is 11.1. The predicted octanol–water partition coefficient (Wildman–Crippen LogP) is 4.61. The summed E-state index contributed by atoms with van der Waals surface area (Å²) in [6.07, 6.45) is -0.591. The fraction of sp³-hybridized carbons (Fsp3) is 0.290. The lowest BCUT2D eigenvalue weighted by molar-refractivity contribution is -0.118. The van der Waals surface area contributed by atoms with E-state index in [0.717, 1.165) is 22.3 Å². The summed E-state index contributed by atoms with van der Waals surface area (Å²) in [4.78, 5) is 49.9. The van der Waals surface area contributed by atoms with Crippen molar-refractivity contribution in [3.05, 3.63) is 90.0 Å². The van der Waals surface area contributed by atoms with Crippen LogP contribution in [0.4, 0.5) is 15.3 Å². The molecule has 0 saturated carbocycles. The van der Waals surface area contributed by atoms with Crippen LogP contribution in [0.3, 0.4) is 0 Å². The molecule has 3 rings (SSSR count). The van der Waals surface area contributed by atoms with Crippen LogP contribution < -0.4 is 10.6 Å². The van der Waals surface area contributed by atoms with Crippen molar-refractivity contribution in [3.8, 4) is 11.1 Å². The number of rotatable bonds is 12. The van der Waals surface area contributed by atoms with Gasteiger partial charge in [-0.1, -0.05) is 66.7 Å². The first kappa shape index (κ1) is 30.7. The molecular weight excluding hydrogens is 524 g/mol. The molecule has 10 heteroatoms. The molecule has 0 unspecified atom stereocenters. The minimum Gasteiger partial charge on any atom is -0.445 e. The molecule has 10 nitrogen and oxygen atoms in total. The molecule has 0 atom stereocenters. The van der Waals surface area contributed by atoms with E-state index in [2.05, 4.69) is 10.6 Å². The Bertz CT molecular complexity index is 1310. The average Bonchev–Trinajstić information content (AvgIpc) is 2.98. The third-order valence-electron chi connectivity index (χ3n) is 6.37. The second kappa shape index (κ2) is 14.5. The Morgan fingerprint density at radius 3 is 2.00 bits per heavy atom. The lowest BCUT2D eigenvalue weighted by Crippen LogP contribution is -2.40. The lowest BCUT2D eigenvalue weighted by Gasteiger charge is -2.29. The number of ether oxygens (including phenoxy) is 2. The molecule has 41 heavy (non-hydrogen) atoms. The normalized spacial score (nSPS) is 10.7. The third-order valence-corrected chi connectivity index (χ3v) is 6.37. The highest BCUT2D eigenvalue weighted by molar-refractivity contribution is 5.93. The van der Waals surface area contributed by atoms with Gasteiger partial charge in [0.15, 0.2) is 0 Å². The molecule has 0 bridgehead atoms. The summed E-state index contributed by atoms with van der Waals surface area (Å²) in [6.45, 7) is 4.09. The van der Waals surface area contributed by atoms with E-state index in [9.17, 15) is 19.2 Å². The summed E-state index contributed by atoms with van der Waals surface area (Å²) in [5, 5.41) is 4.92. The number of amides is 4. The Labute approximate surface area is 240 Å². The number of carbonyl (C=O) groups excluding carboxylic acids is 4. The topological polar surface area (TPSA) is 117 Å². The maximum Gasteiger partial charge on any atom is 0.410 e.